The second-order valence-corrected chi connectivity index (χ2v) is 16.1. The number of rotatable bonds is 10. The van der Waals surface area contributed by atoms with E-state index in [-0.39, 0.29) is 23.8 Å². The second-order valence-electron chi connectivity index (χ2n) is 14.4. The molecule has 4 aromatic heterocycles. The largest absolute Gasteiger partial charge is 0.453 e. The number of carbonyl (C=O) groups excluding carboxylic acids is 4. The minimum atomic E-state index is -0.889. The number of likely N-dealkylation sites (tertiary alicyclic amines) is 1. The molecule has 294 valence electrons. The average molecular weight is 807 g/mol. The van der Waals surface area contributed by atoms with Crippen molar-refractivity contribution in [3.05, 3.63) is 94.9 Å². The Kier molecular flexibility index (Phi) is 10.5. The molecule has 1 fully saturated rings. The lowest BCUT2D eigenvalue weighted by Crippen LogP contribution is -2.51. The maximum atomic E-state index is 14.0. The molecular weight excluding hydrogens is 765 g/mol. The summed E-state index contributed by atoms with van der Waals surface area (Å²) in [5.74, 6) is 0.786. The number of nitrogens with zero attached hydrogens (tertiary/aromatic N) is 4. The van der Waals surface area contributed by atoms with Gasteiger partial charge in [-0.25, -0.2) is 19.6 Å². The zero-order valence-corrected chi connectivity index (χ0v) is 33.4. The van der Waals surface area contributed by atoms with E-state index in [9.17, 15) is 19.2 Å². The summed E-state index contributed by atoms with van der Waals surface area (Å²) < 4.78 is 11.9. The molecule has 4 N–H and O–H groups in total. The molecule has 1 saturated heterocycles. The number of H-pyrrole nitrogens is 2. The zero-order valence-electron chi connectivity index (χ0n) is 31.8. The van der Waals surface area contributed by atoms with Gasteiger partial charge in [0.15, 0.2) is 0 Å². The number of fused-ring (bicyclic) bond motifs is 2. The topological polar surface area (TPSA) is 175 Å². The maximum Gasteiger partial charge on any atom is 0.407 e. The molecule has 0 aliphatic carbocycles. The number of imidazole rings is 2. The summed E-state index contributed by atoms with van der Waals surface area (Å²) in [6.07, 6.45) is 5.96. The fraction of sp³-hybridized carbons (Fsp3) is 0.317. The summed E-state index contributed by atoms with van der Waals surface area (Å²) in [7, 11) is 2.56. The second kappa shape index (κ2) is 15.9. The van der Waals surface area contributed by atoms with Crippen LogP contribution < -0.4 is 10.6 Å². The maximum absolute atomic E-state index is 14.0. The van der Waals surface area contributed by atoms with E-state index in [2.05, 4.69) is 43.5 Å². The highest BCUT2D eigenvalue weighted by molar-refractivity contribution is 7.27. The van der Waals surface area contributed by atoms with E-state index < -0.39 is 30.3 Å². The molecule has 2 unspecified atom stereocenters. The third kappa shape index (κ3) is 7.26. The van der Waals surface area contributed by atoms with Crippen LogP contribution in [0.25, 0.3) is 42.8 Å². The fourth-order valence-corrected chi connectivity index (χ4v) is 10.1. The third-order valence-electron chi connectivity index (χ3n) is 10.6. The fourth-order valence-electron chi connectivity index (χ4n) is 7.64. The smallest absolute Gasteiger partial charge is 0.407 e. The Bertz CT molecular complexity index is 2490. The molecule has 0 spiro atoms. The van der Waals surface area contributed by atoms with Gasteiger partial charge in [0.25, 0.3) is 5.91 Å². The molecule has 4 atom stereocenters. The average Bonchev–Trinajstić information content (AvgIpc) is 4.08. The number of nitrogens with one attached hydrogen (secondary N) is 4. The number of thiophene rings is 2. The molecule has 0 bridgehead atoms. The van der Waals surface area contributed by atoms with Crippen LogP contribution in [0.15, 0.2) is 77.6 Å². The van der Waals surface area contributed by atoms with Gasteiger partial charge in [0.1, 0.15) is 29.8 Å². The molecule has 6 heterocycles. The van der Waals surface area contributed by atoms with Crippen LogP contribution in [0, 0.1) is 5.92 Å². The summed E-state index contributed by atoms with van der Waals surface area (Å²) in [6, 6.07) is 13.0. The van der Waals surface area contributed by atoms with Crippen LogP contribution in [-0.4, -0.2) is 87.1 Å². The summed E-state index contributed by atoms with van der Waals surface area (Å²) >= 11 is 3.33. The minimum absolute atomic E-state index is 0.142. The van der Waals surface area contributed by atoms with Gasteiger partial charge in [0.05, 0.1) is 52.6 Å². The van der Waals surface area contributed by atoms with Crippen molar-refractivity contribution in [2.24, 2.45) is 5.92 Å². The number of aromatic nitrogens is 4. The highest BCUT2D eigenvalue weighted by atomic mass is 32.1. The highest BCUT2D eigenvalue weighted by Gasteiger charge is 2.38. The molecule has 14 nitrogen and oxygen atoms in total. The van der Waals surface area contributed by atoms with Gasteiger partial charge in [-0.15, -0.1) is 22.7 Å². The zero-order chi connectivity index (χ0) is 39.8. The van der Waals surface area contributed by atoms with Crippen LogP contribution in [0.4, 0.5) is 9.59 Å². The molecule has 4 amide bonds. The Morgan fingerprint density at radius 1 is 0.877 bits per heavy atom. The number of hydrogen-bond acceptors (Lipinski definition) is 10. The summed E-state index contributed by atoms with van der Waals surface area (Å²) in [5, 5.41) is 9.70. The quantitative estimate of drug-likeness (QED) is 0.103. The first-order valence-electron chi connectivity index (χ1n) is 18.7. The Labute approximate surface area is 336 Å². The lowest BCUT2D eigenvalue weighted by molar-refractivity contribution is -0.135. The van der Waals surface area contributed by atoms with E-state index in [1.165, 1.54) is 14.2 Å². The van der Waals surface area contributed by atoms with Crippen molar-refractivity contribution in [1.29, 1.82) is 0 Å². The van der Waals surface area contributed by atoms with Gasteiger partial charge in [-0.2, -0.15) is 0 Å². The number of amides is 4. The molecule has 0 radical (unpaired) electrons. The van der Waals surface area contributed by atoms with Crippen LogP contribution >= 0.6 is 22.7 Å². The number of alkyl carbamates (subject to hydrolysis) is 2. The standard InChI is InChI=1S/C41H42N8O6S2/c1-22(2)32(46-40(52)54-3)38(50)49-17-9-13-31(49)37-43-27-15-14-24(18-28(27)44-37)25-20-56-35-26(21-57-34(25)35)29-19-42-36(45-29)30-12-8-16-48(30)39(51)33(47-41(53)55-4)23-10-6-5-7-11-23/h5-7,9-11,13-15,18-22,30-33H,8,12,16-17H2,1-4H3,(H,42,45)(H,43,44)(H,46,52)(H,47,53)/t30?,31?,32-,33+/m0/s1. The van der Waals surface area contributed by atoms with E-state index in [4.69, 9.17) is 19.4 Å². The lowest BCUT2D eigenvalue weighted by Gasteiger charge is -2.29. The van der Waals surface area contributed by atoms with Gasteiger partial charge in [-0.3, -0.25) is 9.59 Å². The van der Waals surface area contributed by atoms with E-state index in [0.717, 1.165) is 55.7 Å². The predicted octanol–water partition coefficient (Wildman–Crippen LogP) is 7.48. The molecule has 0 saturated carbocycles. The van der Waals surface area contributed by atoms with Crippen LogP contribution in [0.1, 0.15) is 62.0 Å². The monoisotopic (exact) mass is 806 g/mol. The van der Waals surface area contributed by atoms with E-state index in [1.807, 2.05) is 68.6 Å². The molecule has 2 aliphatic heterocycles. The van der Waals surface area contributed by atoms with E-state index in [1.54, 1.807) is 32.5 Å². The number of carbonyl (C=O) groups is 4. The van der Waals surface area contributed by atoms with Gasteiger partial charge < -0.3 is 39.9 Å². The molecule has 16 heteroatoms. The van der Waals surface area contributed by atoms with Gasteiger partial charge in [0.2, 0.25) is 5.91 Å². The SMILES string of the molecule is COC(=O)N[C@H](C(=O)N1CC=CC1c1nc2ccc(-c3csc4c(-c5cnc(C6CCCN6C(=O)[C@H](NC(=O)OC)c6ccccc6)[nH]5)csc34)cc2[nH]1)C(C)C. The molecular formula is C41H42N8O6S2. The molecule has 57 heavy (non-hydrogen) atoms. The van der Waals surface area contributed by atoms with Crippen molar-refractivity contribution < 1.29 is 28.7 Å². The van der Waals surface area contributed by atoms with Crippen LogP contribution in [0.3, 0.4) is 0 Å². The molecule has 6 aromatic rings. The first-order chi connectivity index (χ1) is 27.6. The summed E-state index contributed by atoms with van der Waals surface area (Å²) in [6.45, 7) is 4.72. The van der Waals surface area contributed by atoms with Gasteiger partial charge in [-0.05, 0) is 42.0 Å². The van der Waals surface area contributed by atoms with Crippen molar-refractivity contribution in [1.82, 2.24) is 40.4 Å². The van der Waals surface area contributed by atoms with E-state index in [0.29, 0.717) is 30.3 Å². The molecule has 8 rings (SSSR count). The van der Waals surface area contributed by atoms with E-state index >= 15 is 0 Å². The number of ether oxygens (including phenoxy) is 2. The molecule has 2 aliphatic rings. The lowest BCUT2D eigenvalue weighted by atomic mass is 10.0. The first kappa shape index (κ1) is 37.9. The van der Waals surface area contributed by atoms with Crippen molar-refractivity contribution in [3.8, 4) is 22.4 Å². The summed E-state index contributed by atoms with van der Waals surface area (Å²) in [5.41, 5.74) is 6.37. The Balaban J connectivity index is 1.02. The van der Waals surface area contributed by atoms with Crippen molar-refractivity contribution >= 4 is 67.1 Å². The van der Waals surface area contributed by atoms with Gasteiger partial charge >= 0.3 is 12.2 Å². The van der Waals surface area contributed by atoms with Crippen molar-refractivity contribution in [2.75, 3.05) is 27.3 Å². The number of hydrogen-bond donors (Lipinski definition) is 4. The third-order valence-corrected chi connectivity index (χ3v) is 12.7. The van der Waals surface area contributed by atoms with Crippen LogP contribution in [0.5, 0.6) is 0 Å². The van der Waals surface area contributed by atoms with Crippen LogP contribution in [0.2, 0.25) is 0 Å². The Morgan fingerprint density at radius 3 is 2.37 bits per heavy atom. The minimum Gasteiger partial charge on any atom is -0.453 e. The normalized spacial score (nSPS) is 17.7. The molecule has 2 aromatic carbocycles. The van der Waals surface area contributed by atoms with Gasteiger partial charge in [0, 0.05) is 35.0 Å². The highest BCUT2D eigenvalue weighted by Crippen LogP contribution is 2.45. The first-order valence-corrected chi connectivity index (χ1v) is 20.5. The predicted molar refractivity (Wildman–Crippen MR) is 219 cm³/mol. The van der Waals surface area contributed by atoms with Gasteiger partial charge in [-0.1, -0.05) is 62.4 Å². The Hall–Kier alpha value is -6.00. The summed E-state index contributed by atoms with van der Waals surface area (Å²) in [4.78, 5) is 72.0. The Morgan fingerprint density at radius 2 is 1.61 bits per heavy atom. The van der Waals surface area contributed by atoms with Crippen molar-refractivity contribution in [3.63, 3.8) is 0 Å². The number of methoxy groups -OCH3 is 2. The van der Waals surface area contributed by atoms with Crippen LogP contribution in [-0.2, 0) is 19.1 Å². The van der Waals surface area contributed by atoms with Crippen molar-refractivity contribution in [2.45, 2.75) is 50.9 Å². The number of aromatic amines is 2. The number of benzene rings is 2.